The van der Waals surface area contributed by atoms with Gasteiger partial charge in [-0.15, -0.1) is 17.0 Å². The zero-order valence-corrected chi connectivity index (χ0v) is 22.0. The van der Waals surface area contributed by atoms with E-state index in [1.54, 1.807) is 0 Å². The van der Waals surface area contributed by atoms with Gasteiger partial charge in [0, 0.05) is 11.4 Å². The molecule has 1 N–H and O–H groups in total. The van der Waals surface area contributed by atoms with E-state index in [0.717, 1.165) is 23.2 Å². The van der Waals surface area contributed by atoms with Crippen molar-refractivity contribution in [1.29, 1.82) is 0 Å². The van der Waals surface area contributed by atoms with Gasteiger partial charge in [-0.05, 0) is 31.0 Å². The average Bonchev–Trinajstić information content (AvgIpc) is 2.77. The van der Waals surface area contributed by atoms with E-state index in [9.17, 15) is 0 Å². The van der Waals surface area contributed by atoms with E-state index in [-0.39, 0.29) is 17.0 Å². The van der Waals surface area contributed by atoms with E-state index in [0.29, 0.717) is 0 Å². The molecule has 0 bridgehead atoms. The Bertz CT molecular complexity index is 701. The number of aliphatic imine (C=N–C) groups is 1. The third kappa shape index (κ3) is 13.7. The van der Waals surface area contributed by atoms with Crippen molar-refractivity contribution in [3.05, 3.63) is 65.7 Å². The molecule has 0 spiro atoms. The highest BCUT2D eigenvalue weighted by Crippen LogP contribution is 2.16. The fourth-order valence-corrected chi connectivity index (χ4v) is 4.27. The minimum Gasteiger partial charge on any atom is -0.335 e. The van der Waals surface area contributed by atoms with Gasteiger partial charge in [0.2, 0.25) is 0 Å². The molecule has 2 rings (SSSR count). The number of anilines is 1. The monoisotopic (exact) mass is 504 g/mol. The molecule has 172 valence electrons. The molecular formula is C27H41BrN2S. The quantitative estimate of drug-likeness (QED) is 0.157. The zero-order chi connectivity index (χ0) is 21.3. The van der Waals surface area contributed by atoms with Crippen LogP contribution in [0, 0.1) is 6.92 Å². The van der Waals surface area contributed by atoms with Crippen LogP contribution in [0.25, 0.3) is 0 Å². The van der Waals surface area contributed by atoms with E-state index in [1.807, 2.05) is 17.8 Å². The summed E-state index contributed by atoms with van der Waals surface area (Å²) >= 11 is 1.86. The van der Waals surface area contributed by atoms with Crippen molar-refractivity contribution in [2.24, 2.45) is 4.99 Å². The van der Waals surface area contributed by atoms with Crippen molar-refractivity contribution >= 4 is 39.6 Å². The number of nitrogens with one attached hydrogen (secondary N) is 1. The molecule has 2 aromatic carbocycles. The molecule has 0 aliphatic heterocycles. The van der Waals surface area contributed by atoms with Crippen molar-refractivity contribution in [2.75, 3.05) is 11.1 Å². The highest BCUT2D eigenvalue weighted by Gasteiger charge is 2.02. The molecule has 2 aromatic rings. The van der Waals surface area contributed by atoms with Gasteiger partial charge in [0.05, 0.1) is 6.54 Å². The van der Waals surface area contributed by atoms with E-state index < -0.39 is 0 Å². The fraction of sp³-hybridized carbons (Fsp3) is 0.519. The fourth-order valence-electron chi connectivity index (χ4n) is 3.38. The highest BCUT2D eigenvalue weighted by molar-refractivity contribution is 8.93. The molecule has 0 radical (unpaired) electrons. The van der Waals surface area contributed by atoms with Crippen LogP contribution in [-0.4, -0.2) is 10.9 Å². The summed E-state index contributed by atoms with van der Waals surface area (Å²) < 4.78 is 0. The normalized spacial score (nSPS) is 11.2. The number of halogens is 1. The summed E-state index contributed by atoms with van der Waals surface area (Å²) in [6.45, 7) is 5.13. The molecule has 0 aromatic heterocycles. The van der Waals surface area contributed by atoms with E-state index >= 15 is 0 Å². The number of benzene rings is 2. The molecule has 31 heavy (non-hydrogen) atoms. The van der Waals surface area contributed by atoms with Crippen LogP contribution >= 0.6 is 28.7 Å². The van der Waals surface area contributed by atoms with Crippen LogP contribution in [0.2, 0.25) is 0 Å². The van der Waals surface area contributed by atoms with Crippen molar-refractivity contribution in [3.8, 4) is 0 Å². The SMILES string of the molecule is Br.CCCCCCCCCCCCSC(=NCc1ccc(C)cc1)Nc1ccccc1. The Labute approximate surface area is 205 Å². The van der Waals surface area contributed by atoms with E-state index in [2.05, 4.69) is 67.7 Å². The highest BCUT2D eigenvalue weighted by atomic mass is 79.9. The number of hydrogen-bond acceptors (Lipinski definition) is 2. The summed E-state index contributed by atoms with van der Waals surface area (Å²) in [4.78, 5) is 4.87. The zero-order valence-electron chi connectivity index (χ0n) is 19.4. The maximum Gasteiger partial charge on any atom is 0.161 e. The molecule has 2 nitrogen and oxygen atoms in total. The number of rotatable bonds is 14. The number of nitrogens with zero attached hydrogens (tertiary/aromatic N) is 1. The van der Waals surface area contributed by atoms with Crippen molar-refractivity contribution in [3.63, 3.8) is 0 Å². The van der Waals surface area contributed by atoms with Gasteiger partial charge < -0.3 is 5.32 Å². The number of unbranched alkanes of at least 4 members (excludes halogenated alkanes) is 9. The lowest BCUT2D eigenvalue weighted by Gasteiger charge is -2.10. The van der Waals surface area contributed by atoms with Gasteiger partial charge in [-0.2, -0.15) is 0 Å². The summed E-state index contributed by atoms with van der Waals surface area (Å²) in [5.74, 6) is 1.13. The lowest BCUT2D eigenvalue weighted by molar-refractivity contribution is 0.563. The number of thioether (sulfide) groups is 1. The first kappa shape index (κ1) is 27.8. The van der Waals surface area contributed by atoms with E-state index in [1.165, 1.54) is 75.3 Å². The van der Waals surface area contributed by atoms with Gasteiger partial charge in [-0.3, -0.25) is 4.99 Å². The van der Waals surface area contributed by atoms with Crippen LogP contribution in [0.3, 0.4) is 0 Å². The van der Waals surface area contributed by atoms with Crippen LogP contribution in [0.5, 0.6) is 0 Å². The van der Waals surface area contributed by atoms with Crippen LogP contribution in [0.15, 0.2) is 59.6 Å². The second kappa shape index (κ2) is 18.3. The molecule has 0 aliphatic carbocycles. The standard InChI is InChI=1S/C27H40N2S.BrH/c1-3-4-5-6-7-8-9-10-11-15-22-30-27(29-26-16-13-12-14-17-26)28-23-25-20-18-24(2)19-21-25;/h12-14,16-21H,3-11,15,22-23H2,1-2H3,(H,28,29);1H. The van der Waals surface area contributed by atoms with Gasteiger partial charge in [-0.25, -0.2) is 0 Å². The van der Waals surface area contributed by atoms with Crippen LogP contribution in [0.4, 0.5) is 5.69 Å². The molecule has 0 aliphatic rings. The summed E-state index contributed by atoms with van der Waals surface area (Å²) in [7, 11) is 0. The molecule has 0 heterocycles. The molecule has 0 saturated heterocycles. The summed E-state index contributed by atoms with van der Waals surface area (Å²) in [5, 5.41) is 4.53. The Hall–Kier alpha value is -1.26. The van der Waals surface area contributed by atoms with Crippen LogP contribution in [-0.2, 0) is 6.54 Å². The smallest absolute Gasteiger partial charge is 0.161 e. The number of amidine groups is 1. The molecule has 0 fully saturated rings. The minimum absolute atomic E-state index is 0. The molecular weight excluding hydrogens is 464 g/mol. The second-order valence-electron chi connectivity index (χ2n) is 8.13. The number of hydrogen-bond donors (Lipinski definition) is 1. The lowest BCUT2D eigenvalue weighted by Crippen LogP contribution is -2.09. The third-order valence-corrected chi connectivity index (χ3v) is 6.28. The van der Waals surface area contributed by atoms with Crippen LogP contribution in [0.1, 0.15) is 82.3 Å². The Kier molecular flexibility index (Phi) is 16.4. The topological polar surface area (TPSA) is 24.4 Å². The van der Waals surface area contributed by atoms with Crippen LogP contribution < -0.4 is 5.32 Å². The lowest BCUT2D eigenvalue weighted by atomic mass is 10.1. The predicted octanol–water partition coefficient (Wildman–Crippen LogP) is 9.20. The molecule has 4 heteroatoms. The van der Waals surface area contributed by atoms with Gasteiger partial charge in [0.15, 0.2) is 5.17 Å². The number of aryl methyl sites for hydroxylation is 1. The van der Waals surface area contributed by atoms with Crippen molar-refractivity contribution in [1.82, 2.24) is 0 Å². The molecule has 0 atom stereocenters. The summed E-state index contributed by atoms with van der Waals surface area (Å²) in [6.07, 6.45) is 13.8. The Morgan fingerprint density at radius 1 is 0.774 bits per heavy atom. The molecule has 0 saturated carbocycles. The maximum absolute atomic E-state index is 4.87. The summed E-state index contributed by atoms with van der Waals surface area (Å²) in [5.41, 5.74) is 3.66. The number of para-hydroxylation sites is 1. The first-order valence-electron chi connectivity index (χ1n) is 11.8. The van der Waals surface area contributed by atoms with E-state index in [4.69, 9.17) is 4.99 Å². The minimum atomic E-state index is 0. The molecule has 0 unspecified atom stereocenters. The predicted molar refractivity (Wildman–Crippen MR) is 147 cm³/mol. The van der Waals surface area contributed by atoms with Gasteiger partial charge in [-0.1, -0.05) is 125 Å². The summed E-state index contributed by atoms with van der Waals surface area (Å²) in [6, 6.07) is 19.0. The van der Waals surface area contributed by atoms with Gasteiger partial charge in [0.1, 0.15) is 0 Å². The van der Waals surface area contributed by atoms with Crippen molar-refractivity contribution < 1.29 is 0 Å². The Morgan fingerprint density at radius 3 is 1.97 bits per heavy atom. The Balaban J connectivity index is 0.00000480. The Morgan fingerprint density at radius 2 is 1.35 bits per heavy atom. The van der Waals surface area contributed by atoms with Crippen molar-refractivity contribution in [2.45, 2.75) is 84.6 Å². The first-order valence-corrected chi connectivity index (χ1v) is 12.8. The second-order valence-corrected chi connectivity index (χ2v) is 9.21. The average molecular weight is 506 g/mol. The van der Waals surface area contributed by atoms with Gasteiger partial charge in [0.25, 0.3) is 0 Å². The maximum atomic E-state index is 4.87. The van der Waals surface area contributed by atoms with Gasteiger partial charge >= 0.3 is 0 Å². The third-order valence-electron chi connectivity index (χ3n) is 5.29. The largest absolute Gasteiger partial charge is 0.335 e. The first-order chi connectivity index (χ1) is 14.8. The molecule has 0 amide bonds.